The standard InChI is InChI=1S/C13H14N4O2/c14-12-11(15-19-16-12)13(18)17-7-3-6-9-4-1-2-5-10(9)8-17/h1-2,4-5H,3,6-8H2,(H2,14,16). The molecule has 1 aromatic heterocycles. The molecule has 0 atom stereocenters. The van der Waals surface area contributed by atoms with Crippen molar-refractivity contribution in [2.45, 2.75) is 19.4 Å². The lowest BCUT2D eigenvalue weighted by atomic mass is 10.0. The minimum absolute atomic E-state index is 0.0440. The van der Waals surface area contributed by atoms with Crippen molar-refractivity contribution in [1.82, 2.24) is 15.2 Å². The van der Waals surface area contributed by atoms with Crippen molar-refractivity contribution in [2.75, 3.05) is 12.3 Å². The quantitative estimate of drug-likeness (QED) is 0.831. The average molecular weight is 258 g/mol. The van der Waals surface area contributed by atoms with Crippen molar-refractivity contribution in [3.63, 3.8) is 0 Å². The molecule has 1 aliphatic rings. The highest BCUT2D eigenvalue weighted by Gasteiger charge is 2.24. The van der Waals surface area contributed by atoms with Crippen LogP contribution in [-0.4, -0.2) is 27.7 Å². The third-order valence-corrected chi connectivity index (χ3v) is 3.36. The van der Waals surface area contributed by atoms with Gasteiger partial charge in [0.15, 0.2) is 0 Å². The Morgan fingerprint density at radius 1 is 1.26 bits per heavy atom. The lowest BCUT2D eigenvalue weighted by molar-refractivity contribution is 0.0735. The second-order valence-corrected chi connectivity index (χ2v) is 4.60. The number of amides is 1. The predicted molar refractivity (Wildman–Crippen MR) is 68.2 cm³/mol. The van der Waals surface area contributed by atoms with E-state index in [1.807, 2.05) is 18.2 Å². The normalized spacial score (nSPS) is 14.8. The Hall–Kier alpha value is -2.37. The monoisotopic (exact) mass is 258 g/mol. The van der Waals surface area contributed by atoms with E-state index < -0.39 is 0 Å². The molecule has 3 rings (SSSR count). The number of anilines is 1. The summed E-state index contributed by atoms with van der Waals surface area (Å²) in [6.45, 7) is 1.25. The van der Waals surface area contributed by atoms with E-state index in [1.54, 1.807) is 4.90 Å². The zero-order valence-corrected chi connectivity index (χ0v) is 10.4. The molecular weight excluding hydrogens is 244 g/mol. The van der Waals surface area contributed by atoms with E-state index in [9.17, 15) is 4.79 Å². The highest BCUT2D eigenvalue weighted by molar-refractivity contribution is 5.96. The smallest absolute Gasteiger partial charge is 0.280 e. The first-order valence-electron chi connectivity index (χ1n) is 6.20. The molecule has 0 saturated heterocycles. The SMILES string of the molecule is Nc1nonc1C(=O)N1CCCc2ccccc2C1. The van der Waals surface area contributed by atoms with E-state index in [0.717, 1.165) is 12.8 Å². The zero-order valence-electron chi connectivity index (χ0n) is 10.4. The van der Waals surface area contributed by atoms with Gasteiger partial charge in [0.25, 0.3) is 5.91 Å². The first kappa shape index (κ1) is 11.7. The van der Waals surface area contributed by atoms with E-state index in [4.69, 9.17) is 5.73 Å². The van der Waals surface area contributed by atoms with Crippen LogP contribution >= 0.6 is 0 Å². The molecule has 1 aliphatic heterocycles. The molecule has 0 bridgehead atoms. The number of nitrogens with two attached hydrogens (primary N) is 1. The van der Waals surface area contributed by atoms with Crippen molar-refractivity contribution in [3.8, 4) is 0 Å². The molecule has 2 aromatic rings. The summed E-state index contributed by atoms with van der Waals surface area (Å²) in [5.41, 5.74) is 8.13. The van der Waals surface area contributed by atoms with Gasteiger partial charge in [0.05, 0.1) is 0 Å². The fourth-order valence-electron chi connectivity index (χ4n) is 2.37. The van der Waals surface area contributed by atoms with Crippen molar-refractivity contribution in [1.29, 1.82) is 0 Å². The van der Waals surface area contributed by atoms with Gasteiger partial charge in [0, 0.05) is 13.1 Å². The van der Waals surface area contributed by atoms with Crippen LogP contribution in [0.4, 0.5) is 5.82 Å². The van der Waals surface area contributed by atoms with Crippen LogP contribution in [0.15, 0.2) is 28.9 Å². The molecule has 6 heteroatoms. The van der Waals surface area contributed by atoms with Crippen LogP contribution in [0.1, 0.15) is 28.0 Å². The second-order valence-electron chi connectivity index (χ2n) is 4.60. The number of rotatable bonds is 1. The number of aryl methyl sites for hydroxylation is 1. The first-order valence-corrected chi connectivity index (χ1v) is 6.20. The summed E-state index contributed by atoms with van der Waals surface area (Å²) in [5, 5.41) is 7.02. The summed E-state index contributed by atoms with van der Waals surface area (Å²) in [7, 11) is 0. The van der Waals surface area contributed by atoms with Gasteiger partial charge in [-0.05, 0) is 34.3 Å². The van der Waals surface area contributed by atoms with Crippen LogP contribution in [0.25, 0.3) is 0 Å². The van der Waals surface area contributed by atoms with Crippen LogP contribution in [0.2, 0.25) is 0 Å². The Morgan fingerprint density at radius 3 is 2.79 bits per heavy atom. The third kappa shape index (κ3) is 2.16. The predicted octanol–water partition coefficient (Wildman–Crippen LogP) is 1.24. The molecule has 6 nitrogen and oxygen atoms in total. The Balaban J connectivity index is 1.87. The molecule has 19 heavy (non-hydrogen) atoms. The summed E-state index contributed by atoms with van der Waals surface area (Å²) in [5.74, 6) is -0.182. The maximum Gasteiger partial charge on any atom is 0.280 e. The highest BCUT2D eigenvalue weighted by Crippen LogP contribution is 2.20. The number of aromatic nitrogens is 2. The molecular formula is C13H14N4O2. The fraction of sp³-hybridized carbons (Fsp3) is 0.308. The summed E-state index contributed by atoms with van der Waals surface area (Å²) >= 11 is 0. The number of nitrogens with zero attached hydrogens (tertiary/aromatic N) is 3. The van der Waals surface area contributed by atoms with E-state index in [-0.39, 0.29) is 17.4 Å². The van der Waals surface area contributed by atoms with Gasteiger partial charge in [-0.3, -0.25) is 4.79 Å². The van der Waals surface area contributed by atoms with Crippen LogP contribution in [0.3, 0.4) is 0 Å². The van der Waals surface area contributed by atoms with Crippen LogP contribution in [0.5, 0.6) is 0 Å². The van der Waals surface area contributed by atoms with E-state index in [0.29, 0.717) is 13.1 Å². The minimum Gasteiger partial charge on any atom is -0.379 e. The molecule has 0 saturated carbocycles. The summed E-state index contributed by atoms with van der Waals surface area (Å²) in [6, 6.07) is 8.16. The molecule has 2 heterocycles. The molecule has 0 spiro atoms. The van der Waals surface area contributed by atoms with Crippen LogP contribution < -0.4 is 5.73 Å². The average Bonchev–Trinajstić information content (AvgIpc) is 2.73. The molecule has 0 fully saturated rings. The zero-order chi connectivity index (χ0) is 13.2. The Bertz CT molecular complexity index is 608. The number of carbonyl (C=O) groups excluding carboxylic acids is 1. The van der Waals surface area contributed by atoms with Gasteiger partial charge < -0.3 is 10.6 Å². The fourth-order valence-corrected chi connectivity index (χ4v) is 2.37. The van der Waals surface area contributed by atoms with Gasteiger partial charge in [0.2, 0.25) is 11.5 Å². The van der Waals surface area contributed by atoms with Gasteiger partial charge in [-0.25, -0.2) is 4.63 Å². The molecule has 0 radical (unpaired) electrons. The Morgan fingerprint density at radius 2 is 2.05 bits per heavy atom. The van der Waals surface area contributed by atoms with Gasteiger partial charge >= 0.3 is 0 Å². The number of carbonyl (C=O) groups is 1. The maximum atomic E-state index is 12.3. The summed E-state index contributed by atoms with van der Waals surface area (Å²) < 4.78 is 4.49. The second kappa shape index (κ2) is 4.72. The minimum atomic E-state index is -0.226. The summed E-state index contributed by atoms with van der Waals surface area (Å²) in [4.78, 5) is 14.1. The maximum absolute atomic E-state index is 12.3. The number of fused-ring (bicyclic) bond motifs is 1. The largest absolute Gasteiger partial charge is 0.379 e. The molecule has 1 amide bonds. The topological polar surface area (TPSA) is 85.2 Å². The lowest BCUT2D eigenvalue weighted by Crippen LogP contribution is -2.31. The number of benzene rings is 1. The van der Waals surface area contributed by atoms with Crippen LogP contribution in [0, 0.1) is 0 Å². The van der Waals surface area contributed by atoms with E-state index >= 15 is 0 Å². The number of hydrogen-bond donors (Lipinski definition) is 1. The molecule has 0 unspecified atom stereocenters. The molecule has 1 aromatic carbocycles. The van der Waals surface area contributed by atoms with Crippen molar-refractivity contribution in [2.24, 2.45) is 0 Å². The van der Waals surface area contributed by atoms with Crippen molar-refractivity contribution in [3.05, 3.63) is 41.1 Å². The van der Waals surface area contributed by atoms with Gasteiger partial charge in [-0.2, -0.15) is 0 Å². The molecule has 98 valence electrons. The number of nitrogen functional groups attached to an aromatic ring is 1. The third-order valence-electron chi connectivity index (χ3n) is 3.36. The lowest BCUT2D eigenvalue weighted by Gasteiger charge is -2.19. The van der Waals surface area contributed by atoms with Crippen molar-refractivity contribution < 1.29 is 9.42 Å². The molecule has 0 aliphatic carbocycles. The highest BCUT2D eigenvalue weighted by atomic mass is 16.6. The Labute approximate surface area is 110 Å². The van der Waals surface area contributed by atoms with Gasteiger partial charge in [-0.1, -0.05) is 24.3 Å². The van der Waals surface area contributed by atoms with Gasteiger partial charge in [-0.15, -0.1) is 0 Å². The van der Waals surface area contributed by atoms with Gasteiger partial charge in [0.1, 0.15) is 0 Å². The first-order chi connectivity index (χ1) is 9.25. The van der Waals surface area contributed by atoms with Crippen molar-refractivity contribution >= 4 is 11.7 Å². The van der Waals surface area contributed by atoms with Crippen LogP contribution in [-0.2, 0) is 13.0 Å². The van der Waals surface area contributed by atoms with E-state index in [2.05, 4.69) is 21.0 Å². The molecule has 2 N–H and O–H groups in total. The van der Waals surface area contributed by atoms with E-state index in [1.165, 1.54) is 11.1 Å². The number of hydrogen-bond acceptors (Lipinski definition) is 5. The summed E-state index contributed by atoms with van der Waals surface area (Å²) in [6.07, 6.45) is 1.90. The Kier molecular flexibility index (Phi) is 2.91.